The maximum Gasteiger partial charge on any atom is 0.230 e. The zero-order valence-corrected chi connectivity index (χ0v) is 11.9. The lowest BCUT2D eigenvalue weighted by Crippen LogP contribution is -1.93. The van der Waals surface area contributed by atoms with E-state index in [0.717, 1.165) is 28.0 Å². The Bertz CT molecular complexity index is 922. The lowest BCUT2D eigenvalue weighted by Gasteiger charge is -2.07. The SMILES string of the molecule is Cn1nccc1-c1ccc(Oc2nccc3occc23)cc1. The van der Waals surface area contributed by atoms with Gasteiger partial charge in [0.25, 0.3) is 0 Å². The minimum Gasteiger partial charge on any atom is -0.464 e. The van der Waals surface area contributed by atoms with Gasteiger partial charge in [0.2, 0.25) is 5.88 Å². The summed E-state index contributed by atoms with van der Waals surface area (Å²) in [5.41, 5.74) is 2.90. The van der Waals surface area contributed by atoms with Crippen LogP contribution in [0.15, 0.2) is 65.5 Å². The van der Waals surface area contributed by atoms with Gasteiger partial charge in [0.05, 0.1) is 17.3 Å². The zero-order valence-electron chi connectivity index (χ0n) is 11.9. The molecule has 5 nitrogen and oxygen atoms in total. The third kappa shape index (κ3) is 2.13. The van der Waals surface area contributed by atoms with Crippen molar-refractivity contribution in [2.45, 2.75) is 0 Å². The molecule has 0 bridgehead atoms. The molecule has 1 aromatic carbocycles. The molecule has 0 aliphatic carbocycles. The van der Waals surface area contributed by atoms with Crippen LogP contribution in [0.5, 0.6) is 11.6 Å². The maximum atomic E-state index is 5.86. The molecule has 0 aliphatic rings. The fourth-order valence-corrected chi connectivity index (χ4v) is 2.41. The third-order valence-electron chi connectivity index (χ3n) is 3.53. The van der Waals surface area contributed by atoms with Crippen LogP contribution in [0.1, 0.15) is 0 Å². The Morgan fingerprint density at radius 1 is 1.00 bits per heavy atom. The molecule has 3 aromatic heterocycles. The summed E-state index contributed by atoms with van der Waals surface area (Å²) in [7, 11) is 1.92. The number of aromatic nitrogens is 3. The predicted molar refractivity (Wildman–Crippen MR) is 82.7 cm³/mol. The molecular weight excluding hydrogens is 278 g/mol. The van der Waals surface area contributed by atoms with Crippen molar-refractivity contribution in [1.82, 2.24) is 14.8 Å². The molecule has 3 heterocycles. The molecule has 0 unspecified atom stereocenters. The van der Waals surface area contributed by atoms with Crippen molar-refractivity contribution in [3.63, 3.8) is 0 Å². The van der Waals surface area contributed by atoms with Gasteiger partial charge in [-0.25, -0.2) is 4.98 Å². The Morgan fingerprint density at radius 3 is 2.64 bits per heavy atom. The Hall–Kier alpha value is -3.08. The minimum atomic E-state index is 0.541. The van der Waals surface area contributed by atoms with E-state index in [4.69, 9.17) is 9.15 Å². The topological polar surface area (TPSA) is 53.1 Å². The Morgan fingerprint density at radius 2 is 1.86 bits per heavy atom. The standard InChI is InChI=1S/C17H13N3O2/c1-20-15(6-10-19-20)12-2-4-13(5-3-12)22-17-14-8-11-21-16(14)7-9-18-17/h2-11H,1H3. The normalized spacial score (nSPS) is 11.0. The smallest absolute Gasteiger partial charge is 0.230 e. The van der Waals surface area contributed by atoms with Crippen molar-refractivity contribution < 1.29 is 9.15 Å². The van der Waals surface area contributed by atoms with Crippen LogP contribution in [0.2, 0.25) is 0 Å². The molecule has 0 saturated heterocycles. The molecule has 4 aromatic rings. The van der Waals surface area contributed by atoms with E-state index in [0.29, 0.717) is 5.88 Å². The lowest BCUT2D eigenvalue weighted by atomic mass is 10.1. The van der Waals surface area contributed by atoms with Crippen molar-refractivity contribution in [3.05, 3.63) is 61.1 Å². The number of furan rings is 1. The van der Waals surface area contributed by atoms with Gasteiger partial charge in [0, 0.05) is 25.0 Å². The van der Waals surface area contributed by atoms with E-state index >= 15 is 0 Å². The third-order valence-corrected chi connectivity index (χ3v) is 3.53. The quantitative estimate of drug-likeness (QED) is 0.572. The highest BCUT2D eigenvalue weighted by Gasteiger charge is 2.08. The van der Waals surface area contributed by atoms with Gasteiger partial charge in [-0.05, 0) is 42.5 Å². The second kappa shape index (κ2) is 5.04. The number of aryl methyl sites for hydroxylation is 1. The summed E-state index contributed by atoms with van der Waals surface area (Å²) in [5.74, 6) is 1.27. The van der Waals surface area contributed by atoms with Gasteiger partial charge in [-0.3, -0.25) is 4.68 Å². The summed E-state index contributed by atoms with van der Waals surface area (Å²) in [4.78, 5) is 4.26. The summed E-state index contributed by atoms with van der Waals surface area (Å²) in [6, 6.07) is 13.5. The Kier molecular flexibility index (Phi) is 2.89. The molecule has 0 fully saturated rings. The van der Waals surface area contributed by atoms with Crippen molar-refractivity contribution in [3.8, 4) is 22.9 Å². The van der Waals surface area contributed by atoms with Gasteiger partial charge in [-0.1, -0.05) is 0 Å². The van der Waals surface area contributed by atoms with E-state index in [9.17, 15) is 0 Å². The highest BCUT2D eigenvalue weighted by molar-refractivity contribution is 5.82. The van der Waals surface area contributed by atoms with Gasteiger partial charge in [0.15, 0.2) is 0 Å². The zero-order chi connectivity index (χ0) is 14.9. The molecule has 0 aliphatic heterocycles. The highest BCUT2D eigenvalue weighted by Crippen LogP contribution is 2.29. The number of pyridine rings is 1. The fourth-order valence-electron chi connectivity index (χ4n) is 2.41. The second-order valence-electron chi connectivity index (χ2n) is 4.92. The van der Waals surface area contributed by atoms with Crippen LogP contribution in [-0.2, 0) is 7.05 Å². The predicted octanol–water partition coefficient (Wildman–Crippen LogP) is 4.02. The average molecular weight is 291 g/mol. The molecule has 0 spiro atoms. The van der Waals surface area contributed by atoms with E-state index < -0.39 is 0 Å². The van der Waals surface area contributed by atoms with Crippen molar-refractivity contribution in [2.24, 2.45) is 7.05 Å². The van der Waals surface area contributed by atoms with Gasteiger partial charge < -0.3 is 9.15 Å². The van der Waals surface area contributed by atoms with E-state index in [1.165, 1.54) is 0 Å². The van der Waals surface area contributed by atoms with E-state index in [2.05, 4.69) is 10.1 Å². The Labute approximate surface area is 126 Å². The van der Waals surface area contributed by atoms with Crippen LogP contribution in [-0.4, -0.2) is 14.8 Å². The molecule has 22 heavy (non-hydrogen) atoms. The molecular formula is C17H13N3O2. The number of ether oxygens (including phenoxy) is 1. The molecule has 108 valence electrons. The first kappa shape index (κ1) is 12.6. The van der Waals surface area contributed by atoms with Gasteiger partial charge in [-0.15, -0.1) is 0 Å². The first-order valence-corrected chi connectivity index (χ1v) is 6.90. The molecule has 0 radical (unpaired) electrons. The lowest BCUT2D eigenvalue weighted by molar-refractivity contribution is 0.469. The van der Waals surface area contributed by atoms with Crippen LogP contribution >= 0.6 is 0 Å². The number of fused-ring (bicyclic) bond motifs is 1. The second-order valence-corrected chi connectivity index (χ2v) is 4.92. The maximum absolute atomic E-state index is 5.86. The number of nitrogens with zero attached hydrogens (tertiary/aromatic N) is 3. The molecule has 0 amide bonds. The van der Waals surface area contributed by atoms with Crippen LogP contribution < -0.4 is 4.74 Å². The first-order valence-electron chi connectivity index (χ1n) is 6.90. The minimum absolute atomic E-state index is 0.541. The summed E-state index contributed by atoms with van der Waals surface area (Å²) >= 11 is 0. The molecule has 0 N–H and O–H groups in total. The number of hydrogen-bond donors (Lipinski definition) is 0. The summed E-state index contributed by atoms with van der Waals surface area (Å²) in [5, 5.41) is 5.04. The summed E-state index contributed by atoms with van der Waals surface area (Å²) in [6.07, 6.45) is 5.08. The molecule has 0 saturated carbocycles. The number of rotatable bonds is 3. The summed E-state index contributed by atoms with van der Waals surface area (Å²) in [6.45, 7) is 0. The van der Waals surface area contributed by atoms with Gasteiger partial charge in [-0.2, -0.15) is 5.10 Å². The van der Waals surface area contributed by atoms with Crippen LogP contribution in [0, 0.1) is 0 Å². The summed E-state index contributed by atoms with van der Waals surface area (Å²) < 4.78 is 13.0. The number of hydrogen-bond acceptors (Lipinski definition) is 4. The largest absolute Gasteiger partial charge is 0.464 e. The monoisotopic (exact) mass is 291 g/mol. The van der Waals surface area contributed by atoms with E-state index in [1.807, 2.05) is 54.2 Å². The average Bonchev–Trinajstić information content (AvgIpc) is 3.17. The first-order chi connectivity index (χ1) is 10.8. The van der Waals surface area contributed by atoms with Crippen LogP contribution in [0.4, 0.5) is 0 Å². The van der Waals surface area contributed by atoms with Crippen molar-refractivity contribution in [1.29, 1.82) is 0 Å². The van der Waals surface area contributed by atoms with Crippen LogP contribution in [0.25, 0.3) is 22.2 Å². The van der Waals surface area contributed by atoms with E-state index in [-0.39, 0.29) is 0 Å². The molecule has 0 atom stereocenters. The van der Waals surface area contributed by atoms with Gasteiger partial charge in [0.1, 0.15) is 11.3 Å². The fraction of sp³-hybridized carbons (Fsp3) is 0.0588. The molecule has 4 rings (SSSR count). The van der Waals surface area contributed by atoms with Gasteiger partial charge >= 0.3 is 0 Å². The highest BCUT2D eigenvalue weighted by atomic mass is 16.5. The van der Waals surface area contributed by atoms with Crippen molar-refractivity contribution >= 4 is 11.0 Å². The molecule has 5 heteroatoms. The van der Waals surface area contributed by atoms with Crippen LogP contribution in [0.3, 0.4) is 0 Å². The number of benzene rings is 1. The van der Waals surface area contributed by atoms with E-state index in [1.54, 1.807) is 18.7 Å². The Balaban J connectivity index is 1.64. The van der Waals surface area contributed by atoms with Crippen molar-refractivity contribution in [2.75, 3.05) is 0 Å².